The smallest absolute Gasteiger partial charge is 0.293 e. The van der Waals surface area contributed by atoms with Gasteiger partial charge in [0, 0.05) is 5.56 Å². The van der Waals surface area contributed by atoms with Crippen LogP contribution in [0.1, 0.15) is 0 Å². The summed E-state index contributed by atoms with van der Waals surface area (Å²) in [5, 5.41) is 8.93. The average Bonchev–Trinajstić information content (AvgIpc) is 2.38. The molecule has 0 saturated carbocycles. The van der Waals surface area contributed by atoms with Crippen LogP contribution in [0.4, 0.5) is 0 Å². The zero-order valence-electron chi connectivity index (χ0n) is 9.44. The molecule has 2 aromatic rings. The predicted octanol–water partition coefficient (Wildman–Crippen LogP) is 2.76. The standard InChI is InChI=1S/C12H10O2/c13-11-8-4-7-10(12(11)14)9-5-2-1-3-6-9/h1-8,13-14H/i/hD2. The highest BCUT2D eigenvalue weighted by Gasteiger charge is 2.06. The van der Waals surface area contributed by atoms with Crippen molar-refractivity contribution in [3.63, 3.8) is 0 Å². The largest absolute Gasteiger partial charge is 0.504 e. The van der Waals surface area contributed by atoms with Crippen molar-refractivity contribution in [2.24, 2.45) is 0 Å². The molecule has 0 amide bonds. The van der Waals surface area contributed by atoms with E-state index in [9.17, 15) is 0 Å². The van der Waals surface area contributed by atoms with Gasteiger partial charge >= 0.3 is 0 Å². The summed E-state index contributed by atoms with van der Waals surface area (Å²) in [6, 6.07) is 14.7. The molecule has 0 aliphatic heterocycles. The highest BCUT2D eigenvalue weighted by atomic mass is 16.3. The van der Waals surface area contributed by atoms with Crippen LogP contribution < -0.4 is 0 Å². The van der Waals surface area contributed by atoms with Crippen LogP contribution in [0.25, 0.3) is 11.1 Å². The van der Waals surface area contributed by atoms with E-state index in [2.05, 4.69) is 10.2 Å². The zero-order valence-corrected chi connectivity index (χ0v) is 7.44. The van der Waals surface area contributed by atoms with Crippen molar-refractivity contribution in [2.45, 2.75) is 0 Å². The molecule has 0 atom stereocenters. The van der Waals surface area contributed by atoms with E-state index in [1.807, 2.05) is 36.4 Å². The molecule has 0 aliphatic rings. The summed E-state index contributed by atoms with van der Waals surface area (Å²) in [7, 11) is 0. The maximum Gasteiger partial charge on any atom is 0.293 e. The number of phenols is 2. The van der Waals surface area contributed by atoms with Crippen molar-refractivity contribution in [3.05, 3.63) is 48.5 Å². The van der Waals surface area contributed by atoms with E-state index in [1.165, 1.54) is 0 Å². The average molecular weight is 188 g/mol. The fraction of sp³-hybridized carbons (Fsp3) is 0. The lowest BCUT2D eigenvalue weighted by Gasteiger charge is -2.05. The van der Waals surface area contributed by atoms with Crippen LogP contribution >= 0.6 is 0 Å². The Morgan fingerprint density at radius 3 is 2.43 bits per heavy atom. The Hall–Kier alpha value is -1.96. The zero-order chi connectivity index (χ0) is 11.4. The number of aromatic hydroxyl groups is 2. The fourth-order valence-corrected chi connectivity index (χ4v) is 1.36. The van der Waals surface area contributed by atoms with Crippen molar-refractivity contribution >= 4 is 0 Å². The summed E-state index contributed by atoms with van der Waals surface area (Å²) >= 11 is 0. The molecule has 0 spiro atoms. The summed E-state index contributed by atoms with van der Waals surface area (Å²) in [5.74, 6) is 0.486. The monoisotopic (exact) mass is 188 g/mol. The Morgan fingerprint density at radius 2 is 1.71 bits per heavy atom. The molecule has 70 valence electrons. The number of hydrogen-bond acceptors (Lipinski definition) is 2. The topological polar surface area (TPSA) is 40.5 Å². The third kappa shape index (κ3) is 1.42. The lowest BCUT2D eigenvalue weighted by atomic mass is 10.0. The first-order valence-corrected chi connectivity index (χ1v) is 4.31. The van der Waals surface area contributed by atoms with E-state index in [0.717, 1.165) is 11.1 Å². The van der Waals surface area contributed by atoms with Gasteiger partial charge in [-0.1, -0.05) is 42.5 Å². The first-order chi connectivity index (χ1) is 7.86. The van der Waals surface area contributed by atoms with Crippen LogP contribution in [0.3, 0.4) is 0 Å². The molecule has 2 nitrogen and oxygen atoms in total. The quantitative estimate of drug-likeness (QED) is 0.727. The van der Waals surface area contributed by atoms with E-state index in [-0.39, 0.29) is 11.5 Å². The van der Waals surface area contributed by atoms with Crippen molar-refractivity contribution in [2.75, 3.05) is 0 Å². The van der Waals surface area contributed by atoms with Gasteiger partial charge in [0.2, 0.25) is 0 Å². The van der Waals surface area contributed by atoms with Crippen molar-refractivity contribution in [1.82, 2.24) is 0 Å². The Bertz CT molecular complexity index is 472. The van der Waals surface area contributed by atoms with Crippen LogP contribution in [-0.2, 0) is 0 Å². The van der Waals surface area contributed by atoms with Crippen LogP contribution in [0, 0.1) is 0 Å². The molecule has 2 N–H and O–H groups in total. The number of benzene rings is 2. The lowest BCUT2D eigenvalue weighted by Crippen LogP contribution is -1.78. The van der Waals surface area contributed by atoms with Gasteiger partial charge in [-0.3, -0.25) is 0 Å². The molecule has 2 rings (SSSR count). The molecule has 0 unspecified atom stereocenters. The Labute approximate surface area is 85.1 Å². The summed E-state index contributed by atoms with van der Waals surface area (Å²) in [5.41, 5.74) is 1.66. The molecule has 0 saturated heterocycles. The molecule has 2 aromatic carbocycles. The SMILES string of the molecule is [2H]Oc1cccc(-c2ccccc2)c1O[2H]. The Balaban J connectivity index is 2.57. The molecule has 14 heavy (non-hydrogen) atoms. The van der Waals surface area contributed by atoms with Gasteiger partial charge in [-0.25, -0.2) is 0 Å². The first-order valence-electron chi connectivity index (χ1n) is 5.13. The molecule has 0 radical (unpaired) electrons. The number of hydrogen-bond donors (Lipinski definition) is 2. The van der Waals surface area contributed by atoms with E-state index >= 15 is 0 Å². The molecule has 0 fully saturated rings. The van der Waals surface area contributed by atoms with Crippen molar-refractivity contribution in [1.29, 1.82) is 2.86 Å². The Kier molecular flexibility index (Phi) is 1.58. The summed E-state index contributed by atoms with van der Waals surface area (Å²) < 4.78 is 13.9. The van der Waals surface area contributed by atoms with Crippen LogP contribution in [0.2, 0.25) is 0 Å². The molecular formula is C12H10O2. The number of phenolic OH excluding ortho intramolecular Hbond substituents is 2. The van der Waals surface area contributed by atoms with Gasteiger partial charge in [0.25, 0.3) is 2.86 Å². The normalized spacial score (nSPS) is 11.4. The van der Waals surface area contributed by atoms with E-state index in [0.29, 0.717) is 0 Å². The molecular weight excluding hydrogens is 176 g/mol. The molecule has 0 aliphatic carbocycles. The maximum absolute atomic E-state index is 7.01. The maximum atomic E-state index is 7.01. The second-order valence-corrected chi connectivity index (χ2v) is 3.00. The van der Waals surface area contributed by atoms with Gasteiger partial charge in [0.15, 0.2) is 11.5 Å². The van der Waals surface area contributed by atoms with Gasteiger partial charge in [-0.2, -0.15) is 0 Å². The molecule has 2 heteroatoms. The summed E-state index contributed by atoms with van der Waals surface area (Å²) in [6.45, 7) is 0. The van der Waals surface area contributed by atoms with Crippen LogP contribution in [-0.4, -0.2) is 13.1 Å². The van der Waals surface area contributed by atoms with Gasteiger partial charge in [0.1, 0.15) is 0 Å². The van der Waals surface area contributed by atoms with Gasteiger partial charge in [-0.05, 0) is 11.6 Å². The third-order valence-corrected chi connectivity index (χ3v) is 2.06. The molecule has 0 bridgehead atoms. The minimum Gasteiger partial charge on any atom is -0.504 e. The number of para-hydroxylation sites is 1. The van der Waals surface area contributed by atoms with Crippen LogP contribution in [0.15, 0.2) is 48.5 Å². The highest BCUT2D eigenvalue weighted by molar-refractivity contribution is 5.72. The second-order valence-electron chi connectivity index (χ2n) is 3.00. The van der Waals surface area contributed by atoms with Crippen molar-refractivity contribution < 1.29 is 10.2 Å². The molecule has 0 heterocycles. The minimum atomic E-state index is 0.233. The summed E-state index contributed by atoms with van der Waals surface area (Å²) in [4.78, 5) is 0. The van der Waals surface area contributed by atoms with Crippen LogP contribution in [0.5, 0.6) is 11.5 Å². The second kappa shape index (κ2) is 3.42. The lowest BCUT2D eigenvalue weighted by molar-refractivity contribution is 0.405. The third-order valence-electron chi connectivity index (χ3n) is 2.06. The number of rotatable bonds is 3. The molecule has 0 aromatic heterocycles. The first kappa shape index (κ1) is 6.49. The van der Waals surface area contributed by atoms with Gasteiger partial charge in [0.05, 0.1) is 0 Å². The van der Waals surface area contributed by atoms with Gasteiger partial charge < -0.3 is 10.2 Å². The summed E-state index contributed by atoms with van der Waals surface area (Å²) in [6.07, 6.45) is 0. The van der Waals surface area contributed by atoms with E-state index in [4.69, 9.17) is 2.86 Å². The Morgan fingerprint density at radius 1 is 0.857 bits per heavy atom. The van der Waals surface area contributed by atoms with E-state index < -0.39 is 0 Å². The highest BCUT2D eigenvalue weighted by Crippen LogP contribution is 2.35. The minimum absolute atomic E-state index is 0.233. The fourth-order valence-electron chi connectivity index (χ4n) is 1.36. The van der Waals surface area contributed by atoms with Crippen molar-refractivity contribution in [3.8, 4) is 22.6 Å². The predicted molar refractivity (Wildman–Crippen MR) is 55.2 cm³/mol. The van der Waals surface area contributed by atoms with Gasteiger partial charge in [-0.15, -0.1) is 0 Å². The van der Waals surface area contributed by atoms with E-state index in [1.54, 1.807) is 12.1 Å².